The summed E-state index contributed by atoms with van der Waals surface area (Å²) in [5, 5.41) is 0. The Kier molecular flexibility index (Phi) is 2.96. The Morgan fingerprint density at radius 2 is 2.00 bits per heavy atom. The van der Waals surface area contributed by atoms with Gasteiger partial charge in [-0.15, -0.1) is 0 Å². The molecule has 1 aliphatic heterocycles. The molecule has 1 saturated heterocycles. The molecule has 0 aromatic carbocycles. The summed E-state index contributed by atoms with van der Waals surface area (Å²) < 4.78 is 4.19. The van der Waals surface area contributed by atoms with Crippen molar-refractivity contribution in [1.29, 1.82) is 0 Å². The van der Waals surface area contributed by atoms with Gasteiger partial charge >= 0.3 is 0 Å². The molecular formula is C15H18N6. The highest BCUT2D eigenvalue weighted by molar-refractivity contribution is 5.31. The fourth-order valence-corrected chi connectivity index (χ4v) is 3.21. The minimum Gasteiger partial charge on any atom is -0.337 e. The summed E-state index contributed by atoms with van der Waals surface area (Å²) in [6, 6.07) is 2.51. The maximum absolute atomic E-state index is 4.45. The number of likely N-dealkylation sites (tertiary alicyclic amines) is 1. The highest BCUT2D eigenvalue weighted by Crippen LogP contribution is 2.32. The molecule has 0 aliphatic carbocycles. The van der Waals surface area contributed by atoms with E-state index in [1.165, 1.54) is 18.5 Å². The van der Waals surface area contributed by atoms with E-state index in [0.29, 0.717) is 6.04 Å². The number of imidazole rings is 2. The molecule has 108 valence electrons. The van der Waals surface area contributed by atoms with E-state index in [4.69, 9.17) is 0 Å². The molecule has 0 unspecified atom stereocenters. The van der Waals surface area contributed by atoms with E-state index in [9.17, 15) is 0 Å². The quantitative estimate of drug-likeness (QED) is 0.735. The topological polar surface area (TPSA) is 51.2 Å². The van der Waals surface area contributed by atoms with Crippen LogP contribution in [0, 0.1) is 0 Å². The van der Waals surface area contributed by atoms with Gasteiger partial charge < -0.3 is 4.57 Å². The van der Waals surface area contributed by atoms with E-state index in [2.05, 4.69) is 34.9 Å². The standard InChI is InChI=1S/C15H18N6/c1-19-9-6-16-14(19)11-20-8-2-3-12(20)13-4-5-17-15-18-7-10-21(13)15/h4-7,9-10,12H,2-3,8,11H2,1H3/t12-/m1/s1. The summed E-state index contributed by atoms with van der Waals surface area (Å²) in [7, 11) is 2.05. The lowest BCUT2D eigenvalue weighted by Gasteiger charge is -2.24. The molecule has 4 rings (SSSR count). The average Bonchev–Trinajstić information content (AvgIpc) is 3.21. The van der Waals surface area contributed by atoms with E-state index in [0.717, 1.165) is 24.7 Å². The molecule has 1 fully saturated rings. The zero-order valence-electron chi connectivity index (χ0n) is 12.1. The van der Waals surface area contributed by atoms with E-state index >= 15 is 0 Å². The molecule has 0 N–H and O–H groups in total. The SMILES string of the molecule is Cn1ccnc1CN1CCC[C@@H]1c1ccnc2nccn12. The minimum atomic E-state index is 0.404. The number of rotatable bonds is 3. The third-order valence-corrected chi connectivity index (χ3v) is 4.31. The Morgan fingerprint density at radius 1 is 1.14 bits per heavy atom. The van der Waals surface area contributed by atoms with Crippen LogP contribution in [0.25, 0.3) is 5.78 Å². The van der Waals surface area contributed by atoms with Crippen molar-refractivity contribution in [3.8, 4) is 0 Å². The largest absolute Gasteiger partial charge is 0.337 e. The molecule has 0 radical (unpaired) electrons. The number of hydrogen-bond donors (Lipinski definition) is 0. The molecule has 0 spiro atoms. The first kappa shape index (κ1) is 12.5. The summed E-state index contributed by atoms with van der Waals surface area (Å²) in [6.07, 6.45) is 11.9. The maximum atomic E-state index is 4.45. The zero-order chi connectivity index (χ0) is 14.2. The lowest BCUT2D eigenvalue weighted by atomic mass is 10.1. The third kappa shape index (κ3) is 2.12. The van der Waals surface area contributed by atoms with Crippen molar-refractivity contribution < 1.29 is 0 Å². The van der Waals surface area contributed by atoms with Crippen LogP contribution in [0.3, 0.4) is 0 Å². The second-order valence-corrected chi connectivity index (χ2v) is 5.55. The van der Waals surface area contributed by atoms with Gasteiger partial charge in [-0.1, -0.05) is 0 Å². The monoisotopic (exact) mass is 282 g/mol. The van der Waals surface area contributed by atoms with E-state index < -0.39 is 0 Å². The van der Waals surface area contributed by atoms with Crippen LogP contribution in [0.4, 0.5) is 0 Å². The van der Waals surface area contributed by atoms with Gasteiger partial charge in [0.1, 0.15) is 5.82 Å². The molecular weight excluding hydrogens is 264 g/mol. The average molecular weight is 282 g/mol. The molecule has 4 heterocycles. The van der Waals surface area contributed by atoms with Crippen LogP contribution in [0.1, 0.15) is 30.4 Å². The zero-order valence-corrected chi connectivity index (χ0v) is 12.1. The van der Waals surface area contributed by atoms with Gasteiger partial charge in [0.2, 0.25) is 5.78 Å². The number of aromatic nitrogens is 5. The molecule has 6 heteroatoms. The normalized spacial score (nSPS) is 19.6. The molecule has 6 nitrogen and oxygen atoms in total. The molecule has 3 aromatic heterocycles. The molecule has 21 heavy (non-hydrogen) atoms. The highest BCUT2D eigenvalue weighted by Gasteiger charge is 2.28. The summed E-state index contributed by atoms with van der Waals surface area (Å²) in [4.78, 5) is 15.5. The summed E-state index contributed by atoms with van der Waals surface area (Å²) in [5.74, 6) is 1.88. The van der Waals surface area contributed by atoms with E-state index in [1.54, 1.807) is 0 Å². The van der Waals surface area contributed by atoms with Gasteiger partial charge in [0.05, 0.1) is 12.6 Å². The van der Waals surface area contributed by atoms with Gasteiger partial charge in [-0.2, -0.15) is 0 Å². The van der Waals surface area contributed by atoms with Crippen molar-refractivity contribution in [2.45, 2.75) is 25.4 Å². The van der Waals surface area contributed by atoms with Crippen LogP contribution in [0.15, 0.2) is 37.1 Å². The van der Waals surface area contributed by atoms with Crippen LogP contribution in [0.2, 0.25) is 0 Å². The van der Waals surface area contributed by atoms with E-state index in [-0.39, 0.29) is 0 Å². The Labute approximate surface area is 123 Å². The fraction of sp³-hybridized carbons (Fsp3) is 0.400. The van der Waals surface area contributed by atoms with Crippen LogP contribution in [-0.2, 0) is 13.6 Å². The van der Waals surface area contributed by atoms with E-state index in [1.807, 2.05) is 38.0 Å². The second kappa shape index (κ2) is 4.96. The van der Waals surface area contributed by atoms with Crippen LogP contribution < -0.4 is 0 Å². The van der Waals surface area contributed by atoms with Crippen molar-refractivity contribution in [2.75, 3.05) is 6.54 Å². The summed E-state index contributed by atoms with van der Waals surface area (Å²) >= 11 is 0. The molecule has 3 aromatic rings. The number of hydrogen-bond acceptors (Lipinski definition) is 4. The molecule has 1 aliphatic rings. The lowest BCUT2D eigenvalue weighted by Crippen LogP contribution is -2.25. The number of fused-ring (bicyclic) bond motifs is 1. The van der Waals surface area contributed by atoms with Crippen molar-refractivity contribution in [3.05, 3.63) is 48.6 Å². The first-order valence-electron chi connectivity index (χ1n) is 7.31. The molecule has 0 bridgehead atoms. The van der Waals surface area contributed by atoms with Gasteiger partial charge in [0.25, 0.3) is 0 Å². The Hall–Kier alpha value is -2.21. The smallest absolute Gasteiger partial charge is 0.233 e. The first-order valence-corrected chi connectivity index (χ1v) is 7.31. The Balaban J connectivity index is 1.67. The number of nitrogens with zero attached hydrogens (tertiary/aromatic N) is 6. The summed E-state index contributed by atoms with van der Waals surface area (Å²) in [5.41, 5.74) is 1.27. The molecule has 1 atom stereocenters. The Morgan fingerprint density at radius 3 is 2.86 bits per heavy atom. The maximum Gasteiger partial charge on any atom is 0.233 e. The van der Waals surface area contributed by atoms with Gasteiger partial charge in [0.15, 0.2) is 0 Å². The van der Waals surface area contributed by atoms with Crippen molar-refractivity contribution >= 4 is 5.78 Å². The van der Waals surface area contributed by atoms with Gasteiger partial charge in [-0.05, 0) is 25.5 Å². The minimum absolute atomic E-state index is 0.404. The Bertz CT molecular complexity index is 758. The predicted molar refractivity (Wildman–Crippen MR) is 78.6 cm³/mol. The van der Waals surface area contributed by atoms with Gasteiger partial charge in [-0.25, -0.2) is 15.0 Å². The number of aryl methyl sites for hydroxylation is 1. The van der Waals surface area contributed by atoms with Crippen LogP contribution in [0.5, 0.6) is 0 Å². The van der Waals surface area contributed by atoms with Crippen molar-refractivity contribution in [1.82, 2.24) is 28.8 Å². The van der Waals surface area contributed by atoms with Gasteiger partial charge in [-0.3, -0.25) is 9.30 Å². The van der Waals surface area contributed by atoms with Crippen LogP contribution >= 0.6 is 0 Å². The predicted octanol–water partition coefficient (Wildman–Crippen LogP) is 1.80. The molecule has 0 amide bonds. The van der Waals surface area contributed by atoms with Gasteiger partial charge in [0, 0.05) is 43.7 Å². The lowest BCUT2D eigenvalue weighted by molar-refractivity contribution is 0.234. The molecule has 0 saturated carbocycles. The van der Waals surface area contributed by atoms with Crippen LogP contribution in [-0.4, -0.2) is 35.4 Å². The second-order valence-electron chi connectivity index (χ2n) is 5.55. The summed E-state index contributed by atoms with van der Waals surface area (Å²) in [6.45, 7) is 1.99. The van der Waals surface area contributed by atoms with Crippen molar-refractivity contribution in [3.63, 3.8) is 0 Å². The fourth-order valence-electron chi connectivity index (χ4n) is 3.21. The first-order chi connectivity index (χ1) is 10.3. The third-order valence-electron chi connectivity index (χ3n) is 4.31. The highest BCUT2D eigenvalue weighted by atomic mass is 15.2. The van der Waals surface area contributed by atoms with Crippen molar-refractivity contribution in [2.24, 2.45) is 7.05 Å².